The Morgan fingerprint density at radius 2 is 0.900 bits per heavy atom. The summed E-state index contributed by atoms with van der Waals surface area (Å²) in [6.45, 7) is 13.2. The van der Waals surface area contributed by atoms with Crippen molar-refractivity contribution in [3.63, 3.8) is 0 Å². The highest BCUT2D eigenvalue weighted by atomic mass is 15.2. The normalized spacial score (nSPS) is 11.7. The molecule has 20 heavy (non-hydrogen) atoms. The molecule has 0 bridgehead atoms. The molecule has 0 aliphatic carbocycles. The van der Waals surface area contributed by atoms with Crippen molar-refractivity contribution in [2.24, 2.45) is 11.5 Å². The van der Waals surface area contributed by atoms with Crippen LogP contribution in [-0.2, 0) is 0 Å². The second kappa shape index (κ2) is 15.2. The van der Waals surface area contributed by atoms with Gasteiger partial charge in [0.15, 0.2) is 0 Å². The molecule has 0 fully saturated rings. The smallest absolute Gasteiger partial charge is 0.0109 e. The molecular formula is C16H38N4. The summed E-state index contributed by atoms with van der Waals surface area (Å²) >= 11 is 0. The van der Waals surface area contributed by atoms with E-state index in [2.05, 4.69) is 23.6 Å². The van der Waals surface area contributed by atoms with Crippen molar-refractivity contribution in [2.75, 3.05) is 52.4 Å². The van der Waals surface area contributed by atoms with Crippen molar-refractivity contribution in [1.82, 2.24) is 9.80 Å². The first-order chi connectivity index (χ1) is 9.78. The van der Waals surface area contributed by atoms with Crippen LogP contribution in [0.1, 0.15) is 52.4 Å². The molecule has 0 aromatic heterocycles. The molecule has 0 aliphatic rings. The fraction of sp³-hybridized carbons (Fsp3) is 1.00. The molecule has 4 N–H and O–H groups in total. The minimum atomic E-state index is 0.786. The molecule has 0 aliphatic heterocycles. The van der Waals surface area contributed by atoms with E-state index < -0.39 is 0 Å². The maximum atomic E-state index is 5.63. The van der Waals surface area contributed by atoms with Crippen molar-refractivity contribution in [1.29, 1.82) is 0 Å². The van der Waals surface area contributed by atoms with Crippen LogP contribution in [0.4, 0.5) is 0 Å². The lowest BCUT2D eigenvalue weighted by molar-refractivity contribution is 0.198. The number of nitrogens with two attached hydrogens (primary N) is 2. The molecule has 0 atom stereocenters. The summed E-state index contributed by atoms with van der Waals surface area (Å²) in [5, 5.41) is 0. The van der Waals surface area contributed by atoms with Crippen molar-refractivity contribution < 1.29 is 0 Å². The van der Waals surface area contributed by atoms with Gasteiger partial charge >= 0.3 is 0 Å². The lowest BCUT2D eigenvalue weighted by Crippen LogP contribution is -2.38. The average Bonchev–Trinajstić information content (AvgIpc) is 2.48. The summed E-state index contributed by atoms with van der Waals surface area (Å²) in [5.41, 5.74) is 11.3. The van der Waals surface area contributed by atoms with Crippen molar-refractivity contribution in [3.8, 4) is 0 Å². The summed E-state index contributed by atoms with van der Waals surface area (Å²) < 4.78 is 0. The van der Waals surface area contributed by atoms with Crippen LogP contribution >= 0.6 is 0 Å². The highest BCUT2D eigenvalue weighted by molar-refractivity contribution is 4.65. The van der Waals surface area contributed by atoms with Crippen molar-refractivity contribution >= 4 is 0 Å². The first-order valence-electron chi connectivity index (χ1n) is 8.63. The SMILES string of the molecule is CCCCN(CCCC)CCN(CCCN)CCCN. The second-order valence-electron chi connectivity index (χ2n) is 5.67. The van der Waals surface area contributed by atoms with Crippen LogP contribution in [0.5, 0.6) is 0 Å². The Balaban J connectivity index is 4.05. The van der Waals surface area contributed by atoms with Crippen LogP contribution in [0.3, 0.4) is 0 Å². The third kappa shape index (κ3) is 11.6. The van der Waals surface area contributed by atoms with Crippen molar-refractivity contribution in [2.45, 2.75) is 52.4 Å². The van der Waals surface area contributed by atoms with Crippen molar-refractivity contribution in [3.05, 3.63) is 0 Å². The van der Waals surface area contributed by atoms with Gasteiger partial charge in [0, 0.05) is 13.1 Å². The number of hydrogen-bond donors (Lipinski definition) is 2. The highest BCUT2D eigenvalue weighted by Gasteiger charge is 2.08. The largest absolute Gasteiger partial charge is 0.330 e. The lowest BCUT2D eigenvalue weighted by atomic mass is 10.2. The van der Waals surface area contributed by atoms with E-state index in [4.69, 9.17) is 11.5 Å². The molecule has 0 radical (unpaired) electrons. The maximum Gasteiger partial charge on any atom is 0.0109 e. The summed E-state index contributed by atoms with van der Waals surface area (Å²) in [6.07, 6.45) is 7.38. The van der Waals surface area contributed by atoms with Gasteiger partial charge in [-0.1, -0.05) is 26.7 Å². The Hall–Kier alpha value is -0.160. The van der Waals surface area contributed by atoms with Gasteiger partial charge < -0.3 is 21.3 Å². The molecule has 0 amide bonds. The van der Waals surface area contributed by atoms with E-state index >= 15 is 0 Å². The Labute approximate surface area is 126 Å². The first kappa shape index (κ1) is 19.8. The minimum absolute atomic E-state index is 0.786. The Bertz CT molecular complexity index is 151. The summed E-state index contributed by atoms with van der Waals surface area (Å²) in [4.78, 5) is 5.16. The van der Waals surface area contributed by atoms with Crippen LogP contribution in [0, 0.1) is 0 Å². The van der Waals surface area contributed by atoms with Crippen LogP contribution in [-0.4, -0.2) is 62.2 Å². The van der Waals surface area contributed by atoms with E-state index in [1.807, 2.05) is 0 Å². The van der Waals surface area contributed by atoms with E-state index in [0.29, 0.717) is 0 Å². The highest BCUT2D eigenvalue weighted by Crippen LogP contribution is 2.01. The van der Waals surface area contributed by atoms with Crippen LogP contribution in [0.2, 0.25) is 0 Å². The van der Waals surface area contributed by atoms with Gasteiger partial charge in [0.1, 0.15) is 0 Å². The molecule has 0 saturated carbocycles. The predicted octanol–water partition coefficient (Wildman–Crippen LogP) is 1.89. The molecule has 0 spiro atoms. The zero-order chi connectivity index (χ0) is 15.1. The third-order valence-electron chi connectivity index (χ3n) is 3.75. The van der Waals surface area contributed by atoms with Gasteiger partial charge in [-0.15, -0.1) is 0 Å². The number of rotatable bonds is 15. The van der Waals surface area contributed by atoms with Gasteiger partial charge in [-0.3, -0.25) is 0 Å². The monoisotopic (exact) mass is 286 g/mol. The molecule has 0 unspecified atom stereocenters. The van der Waals surface area contributed by atoms with Crippen LogP contribution in [0.25, 0.3) is 0 Å². The molecular weight excluding hydrogens is 248 g/mol. The zero-order valence-corrected chi connectivity index (χ0v) is 13.9. The quantitative estimate of drug-likeness (QED) is 0.483. The van der Waals surface area contributed by atoms with Gasteiger partial charge in [0.05, 0.1) is 0 Å². The van der Waals surface area contributed by atoms with Crippen LogP contribution in [0.15, 0.2) is 0 Å². The molecule has 0 saturated heterocycles. The minimum Gasteiger partial charge on any atom is -0.330 e. The standard InChI is InChI=1S/C16H38N4/c1-3-5-11-19(12-6-4-2)15-16-20(13-7-9-17)14-8-10-18/h3-18H2,1-2H3. The number of hydrogen-bond acceptors (Lipinski definition) is 4. The van der Waals surface area contributed by atoms with E-state index in [1.54, 1.807) is 0 Å². The summed E-state index contributed by atoms with van der Waals surface area (Å²) in [7, 11) is 0. The Morgan fingerprint density at radius 3 is 1.20 bits per heavy atom. The zero-order valence-electron chi connectivity index (χ0n) is 13.9. The van der Waals surface area contributed by atoms with Gasteiger partial charge in [0.2, 0.25) is 0 Å². The third-order valence-corrected chi connectivity index (χ3v) is 3.75. The Kier molecular flexibility index (Phi) is 15.1. The van der Waals surface area contributed by atoms with E-state index in [0.717, 1.165) is 45.6 Å². The summed E-state index contributed by atoms with van der Waals surface area (Å²) in [5.74, 6) is 0. The summed E-state index contributed by atoms with van der Waals surface area (Å²) in [6, 6.07) is 0. The van der Waals surface area contributed by atoms with E-state index in [-0.39, 0.29) is 0 Å². The predicted molar refractivity (Wildman–Crippen MR) is 90.0 cm³/mol. The molecule has 4 nitrogen and oxygen atoms in total. The maximum absolute atomic E-state index is 5.63. The average molecular weight is 287 g/mol. The fourth-order valence-electron chi connectivity index (χ4n) is 2.35. The van der Waals surface area contributed by atoms with Gasteiger partial charge in [0.25, 0.3) is 0 Å². The molecule has 0 heterocycles. The first-order valence-corrected chi connectivity index (χ1v) is 8.63. The molecule has 122 valence electrons. The van der Waals surface area contributed by atoms with Gasteiger partial charge in [-0.2, -0.15) is 0 Å². The second-order valence-corrected chi connectivity index (χ2v) is 5.67. The van der Waals surface area contributed by atoms with Crippen LogP contribution < -0.4 is 11.5 Å². The lowest BCUT2D eigenvalue weighted by Gasteiger charge is -2.27. The van der Waals surface area contributed by atoms with Gasteiger partial charge in [-0.05, 0) is 65.0 Å². The molecule has 4 heteroatoms. The number of unbranched alkanes of at least 4 members (excludes halogenated alkanes) is 2. The molecule has 0 aromatic carbocycles. The molecule has 0 rings (SSSR count). The van der Waals surface area contributed by atoms with E-state index in [9.17, 15) is 0 Å². The van der Waals surface area contributed by atoms with Gasteiger partial charge in [-0.25, -0.2) is 0 Å². The Morgan fingerprint density at radius 1 is 0.550 bits per heavy atom. The topological polar surface area (TPSA) is 58.5 Å². The molecule has 0 aromatic rings. The fourth-order valence-corrected chi connectivity index (χ4v) is 2.35. The number of nitrogens with zero attached hydrogens (tertiary/aromatic N) is 2. The van der Waals surface area contributed by atoms with E-state index in [1.165, 1.54) is 45.3 Å².